The molecule has 0 radical (unpaired) electrons. The minimum Gasteiger partial charge on any atom is -0.480 e. The predicted molar refractivity (Wildman–Crippen MR) is 45.7 cm³/mol. The van der Waals surface area contributed by atoms with Crippen molar-refractivity contribution in [2.75, 3.05) is 0 Å². The molecule has 14 heavy (non-hydrogen) atoms. The standard InChI is InChI=1S/C9H9F2NO2/c1-4-2-5(8(12)9(13)14)7(11)3-6(4)10/h2-3,8H,12H2,1H3,(H,13,14). The van der Waals surface area contributed by atoms with Gasteiger partial charge in [0.2, 0.25) is 0 Å². The Bertz CT molecular complexity index is 379. The highest BCUT2D eigenvalue weighted by atomic mass is 19.1. The second-order valence-corrected chi connectivity index (χ2v) is 2.94. The molecule has 0 saturated carbocycles. The van der Waals surface area contributed by atoms with Crippen LogP contribution in [-0.4, -0.2) is 11.1 Å². The molecule has 0 fully saturated rings. The lowest BCUT2D eigenvalue weighted by molar-refractivity contribution is -0.138. The highest BCUT2D eigenvalue weighted by molar-refractivity contribution is 5.75. The van der Waals surface area contributed by atoms with E-state index in [2.05, 4.69) is 0 Å². The first-order chi connectivity index (χ1) is 6.43. The number of hydrogen-bond donors (Lipinski definition) is 2. The Balaban J connectivity index is 3.22. The summed E-state index contributed by atoms with van der Waals surface area (Å²) in [5.74, 6) is -3.01. The molecule has 0 aliphatic carbocycles. The molecule has 0 saturated heterocycles. The van der Waals surface area contributed by atoms with Crippen LogP contribution in [0.3, 0.4) is 0 Å². The minimum atomic E-state index is -1.46. The highest BCUT2D eigenvalue weighted by Crippen LogP contribution is 2.19. The van der Waals surface area contributed by atoms with Gasteiger partial charge in [0.25, 0.3) is 0 Å². The molecule has 1 unspecified atom stereocenters. The first-order valence-corrected chi connectivity index (χ1v) is 3.87. The molecular formula is C9H9F2NO2. The molecular weight excluding hydrogens is 192 g/mol. The average molecular weight is 201 g/mol. The Morgan fingerprint density at radius 1 is 1.43 bits per heavy atom. The van der Waals surface area contributed by atoms with E-state index >= 15 is 0 Å². The molecule has 5 heteroatoms. The third-order valence-electron chi connectivity index (χ3n) is 1.88. The number of halogens is 2. The fourth-order valence-corrected chi connectivity index (χ4v) is 1.05. The lowest BCUT2D eigenvalue weighted by Crippen LogP contribution is -2.22. The Labute approximate surface area is 79.2 Å². The van der Waals surface area contributed by atoms with E-state index in [4.69, 9.17) is 10.8 Å². The predicted octanol–water partition coefficient (Wildman–Crippen LogP) is 1.36. The second kappa shape index (κ2) is 3.71. The second-order valence-electron chi connectivity index (χ2n) is 2.94. The normalized spacial score (nSPS) is 12.6. The molecule has 0 aromatic heterocycles. The molecule has 0 bridgehead atoms. The maximum absolute atomic E-state index is 13.1. The molecule has 1 atom stereocenters. The van der Waals surface area contributed by atoms with Gasteiger partial charge < -0.3 is 10.8 Å². The third kappa shape index (κ3) is 1.88. The van der Waals surface area contributed by atoms with E-state index in [9.17, 15) is 13.6 Å². The van der Waals surface area contributed by atoms with E-state index in [1.807, 2.05) is 0 Å². The molecule has 1 aromatic carbocycles. The van der Waals surface area contributed by atoms with E-state index < -0.39 is 23.6 Å². The van der Waals surface area contributed by atoms with Gasteiger partial charge in [0, 0.05) is 11.6 Å². The van der Waals surface area contributed by atoms with Gasteiger partial charge in [0.1, 0.15) is 17.7 Å². The molecule has 0 spiro atoms. The van der Waals surface area contributed by atoms with Gasteiger partial charge >= 0.3 is 5.97 Å². The summed E-state index contributed by atoms with van der Waals surface area (Å²) in [4.78, 5) is 10.5. The van der Waals surface area contributed by atoms with Gasteiger partial charge in [-0.05, 0) is 18.6 Å². The monoisotopic (exact) mass is 201 g/mol. The molecule has 3 nitrogen and oxygen atoms in total. The van der Waals surface area contributed by atoms with Crippen molar-refractivity contribution in [3.8, 4) is 0 Å². The van der Waals surface area contributed by atoms with Crippen molar-refractivity contribution in [2.45, 2.75) is 13.0 Å². The topological polar surface area (TPSA) is 63.3 Å². The molecule has 0 amide bonds. The maximum atomic E-state index is 13.1. The summed E-state index contributed by atoms with van der Waals surface area (Å²) in [6, 6.07) is 0.269. The third-order valence-corrected chi connectivity index (χ3v) is 1.88. The maximum Gasteiger partial charge on any atom is 0.325 e. The summed E-state index contributed by atoms with van der Waals surface area (Å²) >= 11 is 0. The van der Waals surface area contributed by atoms with Crippen LogP contribution in [0, 0.1) is 18.6 Å². The van der Waals surface area contributed by atoms with Crippen molar-refractivity contribution in [1.29, 1.82) is 0 Å². The average Bonchev–Trinajstić information content (AvgIpc) is 2.10. The van der Waals surface area contributed by atoms with Crippen molar-refractivity contribution in [3.05, 3.63) is 34.9 Å². The van der Waals surface area contributed by atoms with Crippen LogP contribution in [0.15, 0.2) is 12.1 Å². The van der Waals surface area contributed by atoms with Crippen LogP contribution < -0.4 is 5.73 Å². The molecule has 3 N–H and O–H groups in total. The number of carboxylic acid groups (broad SMARTS) is 1. The summed E-state index contributed by atoms with van der Waals surface area (Å²) in [5.41, 5.74) is 5.15. The molecule has 0 heterocycles. The fraction of sp³-hybridized carbons (Fsp3) is 0.222. The Hall–Kier alpha value is -1.49. The summed E-state index contributed by atoms with van der Waals surface area (Å²) in [6.07, 6.45) is 0. The summed E-state index contributed by atoms with van der Waals surface area (Å²) in [7, 11) is 0. The smallest absolute Gasteiger partial charge is 0.325 e. The van der Waals surface area contributed by atoms with Crippen LogP contribution in [-0.2, 0) is 4.79 Å². The van der Waals surface area contributed by atoms with Crippen molar-refractivity contribution in [1.82, 2.24) is 0 Å². The highest BCUT2D eigenvalue weighted by Gasteiger charge is 2.19. The number of rotatable bonds is 2. The van der Waals surface area contributed by atoms with E-state index in [0.29, 0.717) is 6.07 Å². The van der Waals surface area contributed by atoms with Crippen molar-refractivity contribution in [3.63, 3.8) is 0 Å². The zero-order valence-corrected chi connectivity index (χ0v) is 7.42. The first-order valence-electron chi connectivity index (χ1n) is 3.87. The number of aliphatic carboxylic acids is 1. The van der Waals surface area contributed by atoms with Crippen LogP contribution in [0.4, 0.5) is 8.78 Å². The van der Waals surface area contributed by atoms with Crippen LogP contribution >= 0.6 is 0 Å². The lowest BCUT2D eigenvalue weighted by Gasteiger charge is -2.09. The summed E-state index contributed by atoms with van der Waals surface area (Å²) in [6.45, 7) is 1.41. The summed E-state index contributed by atoms with van der Waals surface area (Å²) < 4.78 is 25.9. The Morgan fingerprint density at radius 3 is 2.50 bits per heavy atom. The number of carboxylic acids is 1. The van der Waals surface area contributed by atoms with Crippen molar-refractivity contribution in [2.24, 2.45) is 5.73 Å². The van der Waals surface area contributed by atoms with Crippen molar-refractivity contribution >= 4 is 5.97 Å². The van der Waals surface area contributed by atoms with Crippen LogP contribution in [0.1, 0.15) is 17.2 Å². The SMILES string of the molecule is Cc1cc(C(N)C(=O)O)c(F)cc1F. The van der Waals surface area contributed by atoms with Gasteiger partial charge in [-0.3, -0.25) is 4.79 Å². The van der Waals surface area contributed by atoms with Gasteiger partial charge in [-0.25, -0.2) is 8.78 Å². The Morgan fingerprint density at radius 2 is 2.00 bits per heavy atom. The fourth-order valence-electron chi connectivity index (χ4n) is 1.05. The number of hydrogen-bond acceptors (Lipinski definition) is 2. The van der Waals surface area contributed by atoms with E-state index in [0.717, 1.165) is 6.07 Å². The van der Waals surface area contributed by atoms with Crippen LogP contribution in [0.25, 0.3) is 0 Å². The first kappa shape index (κ1) is 10.6. The van der Waals surface area contributed by atoms with Gasteiger partial charge in [-0.15, -0.1) is 0 Å². The zero-order chi connectivity index (χ0) is 10.9. The molecule has 1 rings (SSSR count). The lowest BCUT2D eigenvalue weighted by atomic mass is 10.0. The van der Waals surface area contributed by atoms with Gasteiger partial charge in [-0.1, -0.05) is 0 Å². The summed E-state index contributed by atoms with van der Waals surface area (Å²) in [5, 5.41) is 8.53. The van der Waals surface area contributed by atoms with E-state index in [-0.39, 0.29) is 11.1 Å². The van der Waals surface area contributed by atoms with Crippen LogP contribution in [0.5, 0.6) is 0 Å². The van der Waals surface area contributed by atoms with E-state index in [1.165, 1.54) is 6.92 Å². The van der Waals surface area contributed by atoms with Crippen LogP contribution in [0.2, 0.25) is 0 Å². The Kier molecular flexibility index (Phi) is 2.81. The quantitative estimate of drug-likeness (QED) is 0.759. The number of benzene rings is 1. The number of aryl methyl sites for hydroxylation is 1. The molecule has 0 aliphatic heterocycles. The van der Waals surface area contributed by atoms with Gasteiger partial charge in [0.05, 0.1) is 0 Å². The number of nitrogens with two attached hydrogens (primary N) is 1. The molecule has 1 aromatic rings. The van der Waals surface area contributed by atoms with E-state index in [1.54, 1.807) is 0 Å². The molecule has 0 aliphatic rings. The number of carbonyl (C=O) groups is 1. The van der Waals surface area contributed by atoms with Gasteiger partial charge in [0.15, 0.2) is 0 Å². The van der Waals surface area contributed by atoms with Gasteiger partial charge in [-0.2, -0.15) is 0 Å². The zero-order valence-electron chi connectivity index (χ0n) is 7.42. The minimum absolute atomic E-state index is 0.165. The molecule has 76 valence electrons. The van der Waals surface area contributed by atoms with Crippen molar-refractivity contribution < 1.29 is 18.7 Å². The largest absolute Gasteiger partial charge is 0.480 e.